The van der Waals surface area contributed by atoms with Crippen LogP contribution in [0.15, 0.2) is 10.9 Å². The summed E-state index contributed by atoms with van der Waals surface area (Å²) >= 11 is 0. The molecule has 2 fully saturated rings. The quantitative estimate of drug-likeness (QED) is 0.819. The van der Waals surface area contributed by atoms with Crippen LogP contribution in [0.25, 0.3) is 0 Å². The van der Waals surface area contributed by atoms with Gasteiger partial charge < -0.3 is 10.3 Å². The Hall–Kier alpha value is -1.16. The van der Waals surface area contributed by atoms with Crippen LogP contribution in [0.5, 0.6) is 0 Å². The van der Waals surface area contributed by atoms with Crippen LogP contribution in [-0.4, -0.2) is 16.5 Å². The first-order valence-electron chi connectivity index (χ1n) is 6.67. The highest BCUT2D eigenvalue weighted by molar-refractivity contribution is 5.17. The maximum atomic E-state index is 11.6. The van der Waals surface area contributed by atoms with Crippen molar-refractivity contribution in [3.63, 3.8) is 0 Å². The number of piperidine rings is 1. The lowest BCUT2D eigenvalue weighted by Gasteiger charge is -2.27. The summed E-state index contributed by atoms with van der Waals surface area (Å²) in [6.45, 7) is 1.05. The Morgan fingerprint density at radius 3 is 2.71 bits per heavy atom. The van der Waals surface area contributed by atoms with E-state index in [0.717, 1.165) is 24.4 Å². The molecule has 4 nitrogen and oxygen atoms in total. The molecule has 17 heavy (non-hydrogen) atoms. The highest BCUT2D eigenvalue weighted by Gasteiger charge is 2.23. The van der Waals surface area contributed by atoms with Crippen LogP contribution in [-0.2, 0) is 0 Å². The van der Waals surface area contributed by atoms with E-state index in [0.29, 0.717) is 12.0 Å². The third kappa shape index (κ3) is 2.27. The molecule has 0 spiro atoms. The van der Waals surface area contributed by atoms with Gasteiger partial charge in [0.2, 0.25) is 0 Å². The normalized spacial score (nSPS) is 25.5. The summed E-state index contributed by atoms with van der Waals surface area (Å²) in [6, 6.07) is 2.42. The molecule has 1 aromatic rings. The fourth-order valence-electron chi connectivity index (χ4n) is 2.71. The van der Waals surface area contributed by atoms with E-state index >= 15 is 0 Å². The van der Waals surface area contributed by atoms with Crippen molar-refractivity contribution in [1.82, 2.24) is 15.3 Å². The van der Waals surface area contributed by atoms with Gasteiger partial charge in [-0.15, -0.1) is 0 Å². The molecule has 0 radical (unpaired) electrons. The number of nitrogens with zero attached hydrogens (tertiary/aromatic N) is 1. The summed E-state index contributed by atoms with van der Waals surface area (Å²) in [7, 11) is 0. The summed E-state index contributed by atoms with van der Waals surface area (Å²) in [5, 5.41) is 3.47. The van der Waals surface area contributed by atoms with Crippen LogP contribution in [0.1, 0.15) is 61.9 Å². The summed E-state index contributed by atoms with van der Waals surface area (Å²) in [4.78, 5) is 18.6. The Balaban J connectivity index is 1.87. The standard InChI is InChI=1S/C13H19N3O/c17-13-15-11(9-4-3-5-9)8-12(16-13)10-6-1-2-7-14-10/h8-10,14H,1-7H2,(H,15,16,17). The predicted molar refractivity (Wildman–Crippen MR) is 66.0 cm³/mol. The van der Waals surface area contributed by atoms with Gasteiger partial charge in [-0.3, -0.25) is 0 Å². The summed E-state index contributed by atoms with van der Waals surface area (Å²) < 4.78 is 0. The van der Waals surface area contributed by atoms with Gasteiger partial charge in [-0.2, -0.15) is 4.98 Å². The molecule has 2 N–H and O–H groups in total. The van der Waals surface area contributed by atoms with Crippen molar-refractivity contribution in [2.24, 2.45) is 0 Å². The zero-order valence-electron chi connectivity index (χ0n) is 10.0. The van der Waals surface area contributed by atoms with E-state index in [-0.39, 0.29) is 5.69 Å². The Morgan fingerprint density at radius 2 is 2.06 bits per heavy atom. The van der Waals surface area contributed by atoms with Crippen molar-refractivity contribution in [2.75, 3.05) is 6.54 Å². The molecule has 1 aliphatic carbocycles. The Labute approximate surface area is 101 Å². The molecule has 0 amide bonds. The topological polar surface area (TPSA) is 57.8 Å². The van der Waals surface area contributed by atoms with Crippen LogP contribution < -0.4 is 11.0 Å². The predicted octanol–water partition coefficient (Wildman–Crippen LogP) is 1.85. The number of hydrogen-bond acceptors (Lipinski definition) is 3. The molecule has 1 aromatic heterocycles. The molecular weight excluding hydrogens is 214 g/mol. The molecule has 2 heterocycles. The fraction of sp³-hybridized carbons (Fsp3) is 0.692. The maximum Gasteiger partial charge on any atom is 0.345 e. The van der Waals surface area contributed by atoms with E-state index in [1.807, 2.05) is 0 Å². The average Bonchev–Trinajstić information content (AvgIpc) is 2.27. The zero-order valence-corrected chi connectivity index (χ0v) is 10.0. The Kier molecular flexibility index (Phi) is 2.97. The number of H-pyrrole nitrogens is 1. The minimum atomic E-state index is -0.184. The molecule has 0 aromatic carbocycles. The van der Waals surface area contributed by atoms with Gasteiger partial charge in [0.1, 0.15) is 0 Å². The molecule has 1 aliphatic heterocycles. The van der Waals surface area contributed by atoms with E-state index in [2.05, 4.69) is 21.4 Å². The van der Waals surface area contributed by atoms with Crippen LogP contribution in [0.2, 0.25) is 0 Å². The van der Waals surface area contributed by atoms with Gasteiger partial charge in [-0.25, -0.2) is 4.79 Å². The number of hydrogen-bond donors (Lipinski definition) is 2. The Bertz CT molecular complexity index is 444. The van der Waals surface area contributed by atoms with Gasteiger partial charge in [0.25, 0.3) is 0 Å². The number of aromatic nitrogens is 2. The van der Waals surface area contributed by atoms with Crippen LogP contribution >= 0.6 is 0 Å². The second-order valence-electron chi connectivity index (χ2n) is 5.20. The SMILES string of the molecule is O=c1nc(C2CCC2)cc(C2CCCCN2)[nH]1. The Morgan fingerprint density at radius 1 is 1.18 bits per heavy atom. The molecule has 92 valence electrons. The first-order valence-corrected chi connectivity index (χ1v) is 6.67. The van der Waals surface area contributed by atoms with Gasteiger partial charge in [0, 0.05) is 17.7 Å². The van der Waals surface area contributed by atoms with Crippen molar-refractivity contribution in [3.8, 4) is 0 Å². The lowest BCUT2D eigenvalue weighted by atomic mass is 9.82. The van der Waals surface area contributed by atoms with E-state index in [1.54, 1.807) is 0 Å². The van der Waals surface area contributed by atoms with E-state index in [1.165, 1.54) is 32.1 Å². The molecule has 0 bridgehead atoms. The lowest BCUT2D eigenvalue weighted by molar-refractivity contribution is 0.393. The van der Waals surface area contributed by atoms with E-state index < -0.39 is 0 Å². The largest absolute Gasteiger partial charge is 0.345 e. The minimum absolute atomic E-state index is 0.184. The van der Waals surface area contributed by atoms with Gasteiger partial charge in [-0.1, -0.05) is 12.8 Å². The first-order chi connectivity index (χ1) is 8.33. The third-order valence-electron chi connectivity index (χ3n) is 3.99. The zero-order chi connectivity index (χ0) is 11.7. The molecule has 3 rings (SSSR count). The minimum Gasteiger partial charge on any atom is -0.309 e. The molecular formula is C13H19N3O. The maximum absolute atomic E-state index is 11.6. The monoisotopic (exact) mass is 233 g/mol. The first kappa shape index (κ1) is 11.0. The van der Waals surface area contributed by atoms with Crippen molar-refractivity contribution in [1.29, 1.82) is 0 Å². The van der Waals surface area contributed by atoms with Crippen LogP contribution in [0, 0.1) is 0 Å². The number of rotatable bonds is 2. The smallest absolute Gasteiger partial charge is 0.309 e. The highest BCUT2D eigenvalue weighted by atomic mass is 16.1. The van der Waals surface area contributed by atoms with E-state index in [4.69, 9.17) is 0 Å². The molecule has 1 unspecified atom stereocenters. The average molecular weight is 233 g/mol. The molecule has 2 aliphatic rings. The molecule has 4 heteroatoms. The number of nitrogens with one attached hydrogen (secondary N) is 2. The second kappa shape index (κ2) is 4.61. The summed E-state index contributed by atoms with van der Waals surface area (Å²) in [6.07, 6.45) is 7.24. The summed E-state index contributed by atoms with van der Waals surface area (Å²) in [5.74, 6) is 0.527. The van der Waals surface area contributed by atoms with Gasteiger partial charge in [-0.05, 0) is 38.3 Å². The van der Waals surface area contributed by atoms with Gasteiger partial charge in [0.15, 0.2) is 0 Å². The lowest BCUT2D eigenvalue weighted by Crippen LogP contribution is -2.30. The van der Waals surface area contributed by atoms with Gasteiger partial charge >= 0.3 is 5.69 Å². The van der Waals surface area contributed by atoms with Crippen molar-refractivity contribution < 1.29 is 0 Å². The van der Waals surface area contributed by atoms with Crippen molar-refractivity contribution in [2.45, 2.75) is 50.5 Å². The number of aromatic amines is 1. The van der Waals surface area contributed by atoms with Crippen molar-refractivity contribution in [3.05, 3.63) is 27.9 Å². The fourth-order valence-corrected chi connectivity index (χ4v) is 2.71. The van der Waals surface area contributed by atoms with Gasteiger partial charge in [0.05, 0.1) is 5.69 Å². The highest BCUT2D eigenvalue weighted by Crippen LogP contribution is 2.35. The van der Waals surface area contributed by atoms with Crippen molar-refractivity contribution >= 4 is 0 Å². The molecule has 1 atom stereocenters. The molecule has 1 saturated heterocycles. The summed E-state index contributed by atoms with van der Waals surface area (Å²) in [5.41, 5.74) is 1.85. The van der Waals surface area contributed by atoms with E-state index in [9.17, 15) is 4.79 Å². The van der Waals surface area contributed by atoms with Crippen LogP contribution in [0.3, 0.4) is 0 Å². The van der Waals surface area contributed by atoms with Crippen LogP contribution in [0.4, 0.5) is 0 Å². The second-order valence-corrected chi connectivity index (χ2v) is 5.20. The third-order valence-corrected chi connectivity index (χ3v) is 3.99. The molecule has 1 saturated carbocycles.